The Balaban J connectivity index is 4.48. The van der Waals surface area contributed by atoms with Crippen molar-refractivity contribution >= 4 is 17.9 Å². The molecule has 0 bridgehead atoms. The van der Waals surface area contributed by atoms with Crippen molar-refractivity contribution in [2.75, 3.05) is 13.2 Å². The summed E-state index contributed by atoms with van der Waals surface area (Å²) in [6.07, 6.45) is 71.5. The Morgan fingerprint density at radius 3 is 1.10 bits per heavy atom. The molecule has 0 saturated heterocycles. The zero-order valence-electron chi connectivity index (χ0n) is 43.9. The van der Waals surface area contributed by atoms with Crippen LogP contribution in [0.3, 0.4) is 0 Å². The topological polar surface area (TPSA) is 78.9 Å². The van der Waals surface area contributed by atoms with Gasteiger partial charge < -0.3 is 14.2 Å². The first-order valence-electron chi connectivity index (χ1n) is 28.1. The lowest BCUT2D eigenvalue weighted by Gasteiger charge is -2.18. The van der Waals surface area contributed by atoms with Gasteiger partial charge in [0.25, 0.3) is 0 Å². The van der Waals surface area contributed by atoms with E-state index in [4.69, 9.17) is 14.2 Å². The number of rotatable bonds is 50. The first-order valence-corrected chi connectivity index (χ1v) is 28.1. The highest BCUT2D eigenvalue weighted by Gasteiger charge is 2.19. The molecule has 0 aromatic heterocycles. The number of carbonyl (C=O) groups excluding carboxylic acids is 3. The third-order valence-electron chi connectivity index (χ3n) is 12.0. The third-order valence-corrected chi connectivity index (χ3v) is 12.0. The molecule has 0 rings (SSSR count). The molecule has 1 unspecified atom stereocenters. The van der Waals surface area contributed by atoms with Gasteiger partial charge in [-0.25, -0.2) is 0 Å². The number of unbranched alkanes of at least 4 members (excludes halogenated alkanes) is 28. The van der Waals surface area contributed by atoms with Crippen LogP contribution < -0.4 is 0 Å². The minimum atomic E-state index is -0.805. The summed E-state index contributed by atoms with van der Waals surface area (Å²) in [4.78, 5) is 38.1. The minimum absolute atomic E-state index is 0.103. The van der Waals surface area contributed by atoms with Gasteiger partial charge in [-0.15, -0.1) is 0 Å². The van der Waals surface area contributed by atoms with Crippen molar-refractivity contribution in [3.63, 3.8) is 0 Å². The smallest absolute Gasteiger partial charge is 0.306 e. The Hall–Kier alpha value is -3.41. The monoisotopic (exact) mass is 933 g/mol. The Bertz CT molecular complexity index is 1300. The molecule has 0 aliphatic rings. The highest BCUT2D eigenvalue weighted by molar-refractivity contribution is 5.71. The second-order valence-corrected chi connectivity index (χ2v) is 18.6. The predicted molar refractivity (Wildman–Crippen MR) is 288 cm³/mol. The quantitative estimate of drug-likeness (QED) is 0.0199. The molecule has 1 atom stereocenters. The number of ether oxygens (including phenoxy) is 3. The van der Waals surface area contributed by atoms with E-state index >= 15 is 0 Å². The molecule has 0 aromatic rings. The summed E-state index contributed by atoms with van der Waals surface area (Å²) in [5.74, 6) is -0.971. The molecule has 0 aliphatic heterocycles. The fraction of sp³-hybridized carbons (Fsp3) is 0.721. The van der Waals surface area contributed by atoms with Crippen LogP contribution in [0.1, 0.15) is 265 Å². The maximum atomic E-state index is 12.8. The molecule has 67 heavy (non-hydrogen) atoms. The fourth-order valence-corrected chi connectivity index (χ4v) is 7.76. The van der Waals surface area contributed by atoms with Crippen LogP contribution >= 0.6 is 0 Å². The molecule has 0 aromatic carbocycles. The summed E-state index contributed by atoms with van der Waals surface area (Å²) in [5.41, 5.74) is 0. The summed E-state index contributed by atoms with van der Waals surface area (Å²) < 4.78 is 16.8. The summed E-state index contributed by atoms with van der Waals surface area (Å²) in [6, 6.07) is 0. The lowest BCUT2D eigenvalue weighted by molar-refractivity contribution is -0.167. The molecule has 0 radical (unpaired) electrons. The van der Waals surface area contributed by atoms with Gasteiger partial charge in [0.05, 0.1) is 0 Å². The highest BCUT2D eigenvalue weighted by atomic mass is 16.6. The minimum Gasteiger partial charge on any atom is -0.462 e. The average molecular weight is 933 g/mol. The van der Waals surface area contributed by atoms with E-state index in [1.165, 1.54) is 135 Å². The first kappa shape index (κ1) is 63.6. The van der Waals surface area contributed by atoms with E-state index in [9.17, 15) is 14.4 Å². The molecule has 0 amide bonds. The van der Waals surface area contributed by atoms with E-state index in [2.05, 4.69) is 87.6 Å². The zero-order chi connectivity index (χ0) is 48.6. The number of carbonyl (C=O) groups is 3. The van der Waals surface area contributed by atoms with Gasteiger partial charge in [0.2, 0.25) is 0 Å². The second-order valence-electron chi connectivity index (χ2n) is 18.6. The lowest BCUT2D eigenvalue weighted by Crippen LogP contribution is -2.30. The molecule has 0 aliphatic carbocycles. The van der Waals surface area contributed by atoms with Crippen LogP contribution in [0.4, 0.5) is 0 Å². The van der Waals surface area contributed by atoms with Crippen LogP contribution in [0.2, 0.25) is 0 Å². The third kappa shape index (κ3) is 53.4. The average Bonchev–Trinajstić information content (AvgIpc) is 3.33. The molecule has 6 nitrogen and oxygen atoms in total. The van der Waals surface area contributed by atoms with E-state index in [-0.39, 0.29) is 37.5 Å². The van der Waals surface area contributed by atoms with Gasteiger partial charge >= 0.3 is 17.9 Å². The molecule has 0 spiro atoms. The predicted octanol–water partition coefficient (Wildman–Crippen LogP) is 18.8. The Morgan fingerprint density at radius 1 is 0.328 bits per heavy atom. The van der Waals surface area contributed by atoms with Crippen molar-refractivity contribution in [3.8, 4) is 0 Å². The van der Waals surface area contributed by atoms with Gasteiger partial charge in [-0.3, -0.25) is 14.4 Å². The van der Waals surface area contributed by atoms with Crippen LogP contribution in [0.25, 0.3) is 0 Å². The SMILES string of the molecule is CC\C=C/C=C\C=C/C=C\CCCCCCCC(=O)OCC(COC(=O)CCC/C=C\C/C=C\C/C=C\CCCCCCCC)OC(=O)CCCCCCCCCCCCCCCCCCC. The highest BCUT2D eigenvalue weighted by Crippen LogP contribution is 2.16. The Kier molecular flexibility index (Phi) is 52.4. The van der Waals surface area contributed by atoms with Gasteiger partial charge in [-0.1, -0.05) is 260 Å². The van der Waals surface area contributed by atoms with Gasteiger partial charge in [-0.05, 0) is 70.6 Å². The van der Waals surface area contributed by atoms with Crippen molar-refractivity contribution in [3.05, 3.63) is 85.1 Å². The summed E-state index contributed by atoms with van der Waals surface area (Å²) in [5, 5.41) is 0. The molecule has 0 saturated carbocycles. The van der Waals surface area contributed by atoms with Crippen LogP contribution in [0.15, 0.2) is 85.1 Å². The van der Waals surface area contributed by atoms with E-state index in [0.29, 0.717) is 19.3 Å². The molecule has 384 valence electrons. The van der Waals surface area contributed by atoms with Crippen molar-refractivity contribution in [2.24, 2.45) is 0 Å². The van der Waals surface area contributed by atoms with Crippen LogP contribution in [-0.4, -0.2) is 37.2 Å². The molecule has 0 N–H and O–H groups in total. The van der Waals surface area contributed by atoms with Gasteiger partial charge in [0.15, 0.2) is 6.10 Å². The number of hydrogen-bond acceptors (Lipinski definition) is 6. The molecular formula is C61H104O6. The van der Waals surface area contributed by atoms with Crippen molar-refractivity contribution in [1.82, 2.24) is 0 Å². The maximum absolute atomic E-state index is 12.8. The number of hydrogen-bond donors (Lipinski definition) is 0. The first-order chi connectivity index (χ1) is 33.0. The van der Waals surface area contributed by atoms with Gasteiger partial charge in [0, 0.05) is 19.3 Å². The fourth-order valence-electron chi connectivity index (χ4n) is 7.76. The summed E-state index contributed by atoms with van der Waals surface area (Å²) in [7, 11) is 0. The van der Waals surface area contributed by atoms with E-state index in [1.807, 2.05) is 18.2 Å². The van der Waals surface area contributed by atoms with E-state index < -0.39 is 6.10 Å². The number of allylic oxidation sites excluding steroid dienone is 14. The van der Waals surface area contributed by atoms with Crippen LogP contribution in [0, 0.1) is 0 Å². The van der Waals surface area contributed by atoms with Crippen molar-refractivity contribution in [1.29, 1.82) is 0 Å². The largest absolute Gasteiger partial charge is 0.462 e. The molecule has 0 heterocycles. The molecule has 6 heteroatoms. The Labute approximate surface area is 414 Å². The molecule has 0 fully saturated rings. The van der Waals surface area contributed by atoms with Crippen molar-refractivity contribution < 1.29 is 28.6 Å². The normalized spacial score (nSPS) is 12.7. The van der Waals surface area contributed by atoms with Crippen LogP contribution in [0.5, 0.6) is 0 Å². The van der Waals surface area contributed by atoms with E-state index in [1.54, 1.807) is 0 Å². The summed E-state index contributed by atoms with van der Waals surface area (Å²) >= 11 is 0. The number of esters is 3. The molecular weight excluding hydrogens is 829 g/mol. The lowest BCUT2D eigenvalue weighted by atomic mass is 10.0. The maximum Gasteiger partial charge on any atom is 0.306 e. The Morgan fingerprint density at radius 2 is 0.657 bits per heavy atom. The van der Waals surface area contributed by atoms with Crippen molar-refractivity contribution in [2.45, 2.75) is 271 Å². The van der Waals surface area contributed by atoms with E-state index in [0.717, 1.165) is 83.5 Å². The summed E-state index contributed by atoms with van der Waals surface area (Å²) in [6.45, 7) is 6.45. The van der Waals surface area contributed by atoms with Gasteiger partial charge in [-0.2, -0.15) is 0 Å². The second kappa shape index (κ2) is 55.2. The standard InChI is InChI=1S/C61H104O6/c1-4-7-10-13-16-19-22-25-28-30-33-36-39-42-45-48-51-54-60(63)66-57-58(56-65-59(62)53-50-47-44-41-38-35-32-27-24-21-18-15-12-9-6-3)67-61(64)55-52-49-46-43-40-37-34-31-29-26-23-20-17-14-11-8-5-2/h9,12,15,18,21,24-25,27-28,32-33,36,42,45,58H,4-8,10-11,13-14,16-17,19-20,22-23,26,29-31,34-35,37-41,43-44,46-57H2,1-3H3/b12-9-,18-15-,24-21-,28-25-,32-27-,36-33-,45-42-. The zero-order valence-corrected chi connectivity index (χ0v) is 43.9. The van der Waals surface area contributed by atoms with Gasteiger partial charge in [0.1, 0.15) is 13.2 Å². The van der Waals surface area contributed by atoms with Crippen LogP contribution in [-0.2, 0) is 28.6 Å².